The normalized spacial score (nSPS) is 22.7. The van der Waals surface area contributed by atoms with Crippen LogP contribution in [-0.2, 0) is 5.41 Å². The molecule has 94 valence electrons. The lowest BCUT2D eigenvalue weighted by molar-refractivity contribution is 0.137. The Balaban J connectivity index is 2.12. The van der Waals surface area contributed by atoms with E-state index in [0.717, 1.165) is 18.5 Å². The Morgan fingerprint density at radius 3 is 2.35 bits per heavy atom. The third-order valence-corrected chi connectivity index (χ3v) is 3.60. The van der Waals surface area contributed by atoms with Crippen molar-refractivity contribution in [2.45, 2.75) is 51.2 Å². The van der Waals surface area contributed by atoms with Gasteiger partial charge in [0.1, 0.15) is 0 Å². The fraction of sp³-hybridized carbons (Fsp3) is 0.600. The minimum atomic E-state index is -0.369. The number of benzene rings is 1. The summed E-state index contributed by atoms with van der Waals surface area (Å²) in [5, 5.41) is 13.6. The number of hydrogen-bond acceptors (Lipinski definition) is 2. The van der Waals surface area contributed by atoms with E-state index < -0.39 is 0 Å². The molecule has 1 aromatic carbocycles. The lowest BCUT2D eigenvalue weighted by Crippen LogP contribution is -2.28. The van der Waals surface area contributed by atoms with Crippen molar-refractivity contribution in [1.82, 2.24) is 5.32 Å². The fourth-order valence-corrected chi connectivity index (χ4v) is 2.39. The molecule has 2 nitrogen and oxygen atoms in total. The second kappa shape index (κ2) is 4.79. The van der Waals surface area contributed by atoms with Crippen molar-refractivity contribution < 1.29 is 5.11 Å². The molecule has 0 amide bonds. The molecule has 1 saturated heterocycles. The maximum Gasteiger partial charge on any atom is 0.0942 e. The molecule has 0 aromatic heterocycles. The summed E-state index contributed by atoms with van der Waals surface area (Å²) in [6.07, 6.45) is 1.87. The van der Waals surface area contributed by atoms with Crippen molar-refractivity contribution in [2.75, 3.05) is 6.54 Å². The number of aliphatic hydroxyl groups excluding tert-OH is 1. The first-order valence-corrected chi connectivity index (χ1v) is 6.50. The lowest BCUT2D eigenvalue weighted by Gasteiger charge is -2.22. The molecule has 2 atom stereocenters. The fourth-order valence-electron chi connectivity index (χ4n) is 2.39. The zero-order valence-electron chi connectivity index (χ0n) is 11.0. The molecule has 0 spiro atoms. The van der Waals surface area contributed by atoms with E-state index in [1.54, 1.807) is 0 Å². The van der Waals surface area contributed by atoms with Crippen LogP contribution < -0.4 is 5.32 Å². The van der Waals surface area contributed by atoms with Gasteiger partial charge in [-0.1, -0.05) is 45.0 Å². The highest BCUT2D eigenvalue weighted by atomic mass is 16.3. The molecule has 0 radical (unpaired) electrons. The van der Waals surface area contributed by atoms with Gasteiger partial charge in [0.05, 0.1) is 6.10 Å². The predicted molar refractivity (Wildman–Crippen MR) is 71.1 cm³/mol. The van der Waals surface area contributed by atoms with Crippen LogP contribution in [-0.4, -0.2) is 17.7 Å². The van der Waals surface area contributed by atoms with E-state index in [9.17, 15) is 5.11 Å². The van der Waals surface area contributed by atoms with Crippen molar-refractivity contribution in [2.24, 2.45) is 0 Å². The molecule has 1 aromatic rings. The van der Waals surface area contributed by atoms with Gasteiger partial charge in [0.15, 0.2) is 0 Å². The molecule has 2 rings (SSSR count). The van der Waals surface area contributed by atoms with E-state index in [-0.39, 0.29) is 17.6 Å². The summed E-state index contributed by atoms with van der Waals surface area (Å²) in [5.41, 5.74) is 2.51. The van der Waals surface area contributed by atoms with E-state index in [1.165, 1.54) is 12.0 Å². The zero-order chi connectivity index (χ0) is 12.5. The molecule has 1 heterocycles. The highest BCUT2D eigenvalue weighted by Crippen LogP contribution is 2.26. The molecule has 2 N–H and O–H groups in total. The second-order valence-corrected chi connectivity index (χ2v) is 6.02. The molecule has 17 heavy (non-hydrogen) atoms. The molecule has 2 heteroatoms. The molecule has 0 bridgehead atoms. The Bertz CT molecular complexity index is 358. The topological polar surface area (TPSA) is 32.3 Å². The van der Waals surface area contributed by atoms with Crippen molar-refractivity contribution >= 4 is 0 Å². The van der Waals surface area contributed by atoms with Crippen LogP contribution in [0.25, 0.3) is 0 Å². The first kappa shape index (κ1) is 12.6. The maximum atomic E-state index is 10.3. The SMILES string of the molecule is CC(C)(C)c1ccc(C(O)[C@H]2CCCN2)cc1. The van der Waals surface area contributed by atoms with Gasteiger partial charge in [-0.2, -0.15) is 0 Å². The van der Waals surface area contributed by atoms with Crippen LogP contribution in [0, 0.1) is 0 Å². The Labute approximate surface area is 104 Å². The smallest absolute Gasteiger partial charge is 0.0942 e. The van der Waals surface area contributed by atoms with Crippen molar-refractivity contribution in [3.63, 3.8) is 0 Å². The molecule has 0 saturated carbocycles. The lowest BCUT2D eigenvalue weighted by atomic mass is 9.86. The third-order valence-electron chi connectivity index (χ3n) is 3.60. The predicted octanol–water partition coefficient (Wildman–Crippen LogP) is 2.77. The number of hydrogen-bond donors (Lipinski definition) is 2. The van der Waals surface area contributed by atoms with Gasteiger partial charge in [-0.25, -0.2) is 0 Å². The minimum absolute atomic E-state index is 0.176. The van der Waals surface area contributed by atoms with Gasteiger partial charge in [-0.05, 0) is 35.9 Å². The summed E-state index contributed by atoms with van der Waals surface area (Å²) in [6, 6.07) is 8.62. The Kier molecular flexibility index (Phi) is 3.55. The molecular formula is C15H23NO. The monoisotopic (exact) mass is 233 g/mol. The number of nitrogens with one attached hydrogen (secondary N) is 1. The standard InChI is InChI=1S/C15H23NO/c1-15(2,3)12-8-6-11(7-9-12)14(17)13-5-4-10-16-13/h6-9,13-14,16-17H,4-5,10H2,1-3H3/t13-,14?/m1/s1. The van der Waals surface area contributed by atoms with Crippen molar-refractivity contribution in [1.29, 1.82) is 0 Å². The molecule has 1 unspecified atom stereocenters. The molecular weight excluding hydrogens is 210 g/mol. The molecule has 1 fully saturated rings. The van der Waals surface area contributed by atoms with Crippen LogP contribution in [0.5, 0.6) is 0 Å². The van der Waals surface area contributed by atoms with Gasteiger partial charge in [0.25, 0.3) is 0 Å². The second-order valence-electron chi connectivity index (χ2n) is 6.02. The summed E-state index contributed by atoms with van der Waals surface area (Å²) in [4.78, 5) is 0. The van der Waals surface area contributed by atoms with Crippen LogP contribution in [0.15, 0.2) is 24.3 Å². The minimum Gasteiger partial charge on any atom is -0.387 e. The van der Waals surface area contributed by atoms with Crippen LogP contribution in [0.2, 0.25) is 0 Å². The van der Waals surface area contributed by atoms with Crippen LogP contribution >= 0.6 is 0 Å². The Morgan fingerprint density at radius 2 is 1.88 bits per heavy atom. The first-order chi connectivity index (χ1) is 7.98. The van der Waals surface area contributed by atoms with Gasteiger partial charge < -0.3 is 10.4 Å². The molecule has 1 aliphatic heterocycles. The van der Waals surface area contributed by atoms with Gasteiger partial charge in [-0.15, -0.1) is 0 Å². The van der Waals surface area contributed by atoms with E-state index in [4.69, 9.17) is 0 Å². The largest absolute Gasteiger partial charge is 0.387 e. The quantitative estimate of drug-likeness (QED) is 0.823. The summed E-state index contributed by atoms with van der Waals surface area (Å²) in [5.74, 6) is 0. The highest BCUT2D eigenvalue weighted by Gasteiger charge is 2.24. The van der Waals surface area contributed by atoms with Gasteiger partial charge in [0, 0.05) is 6.04 Å². The van der Waals surface area contributed by atoms with Gasteiger partial charge in [-0.3, -0.25) is 0 Å². The zero-order valence-corrected chi connectivity index (χ0v) is 11.0. The maximum absolute atomic E-state index is 10.3. The van der Waals surface area contributed by atoms with Crippen LogP contribution in [0.3, 0.4) is 0 Å². The summed E-state index contributed by atoms with van der Waals surface area (Å²) >= 11 is 0. The van der Waals surface area contributed by atoms with E-state index in [0.29, 0.717) is 0 Å². The van der Waals surface area contributed by atoms with Gasteiger partial charge in [0.2, 0.25) is 0 Å². The Morgan fingerprint density at radius 1 is 1.24 bits per heavy atom. The van der Waals surface area contributed by atoms with Crippen LogP contribution in [0.1, 0.15) is 50.8 Å². The highest BCUT2D eigenvalue weighted by molar-refractivity contribution is 5.29. The van der Waals surface area contributed by atoms with E-state index in [2.05, 4.69) is 50.4 Å². The van der Waals surface area contributed by atoms with Crippen LogP contribution in [0.4, 0.5) is 0 Å². The summed E-state index contributed by atoms with van der Waals surface area (Å²) in [6.45, 7) is 7.65. The van der Waals surface area contributed by atoms with Crippen molar-refractivity contribution in [3.8, 4) is 0 Å². The average Bonchev–Trinajstić information content (AvgIpc) is 2.80. The summed E-state index contributed by atoms with van der Waals surface area (Å²) < 4.78 is 0. The first-order valence-electron chi connectivity index (χ1n) is 6.50. The molecule has 1 aliphatic rings. The van der Waals surface area contributed by atoms with Gasteiger partial charge >= 0.3 is 0 Å². The number of aliphatic hydroxyl groups is 1. The number of rotatable bonds is 2. The van der Waals surface area contributed by atoms with E-state index >= 15 is 0 Å². The Hall–Kier alpha value is -0.860. The van der Waals surface area contributed by atoms with E-state index in [1.807, 2.05) is 0 Å². The molecule has 0 aliphatic carbocycles. The summed E-state index contributed by atoms with van der Waals surface area (Å²) in [7, 11) is 0. The van der Waals surface area contributed by atoms with Crippen molar-refractivity contribution in [3.05, 3.63) is 35.4 Å². The third kappa shape index (κ3) is 2.88. The average molecular weight is 233 g/mol.